The molecular weight excluding hydrogens is 709 g/mol. The van der Waals surface area contributed by atoms with Crippen LogP contribution in [0.2, 0.25) is 0 Å². The van der Waals surface area contributed by atoms with Gasteiger partial charge in [0.25, 0.3) is 0 Å². The van der Waals surface area contributed by atoms with Crippen molar-refractivity contribution < 1.29 is 28.6 Å². The number of unbranched alkanes of at least 4 members (excludes halogenated alkanes) is 27. The van der Waals surface area contributed by atoms with Crippen molar-refractivity contribution in [2.24, 2.45) is 0 Å². The van der Waals surface area contributed by atoms with Crippen molar-refractivity contribution in [2.75, 3.05) is 13.2 Å². The molecule has 0 aliphatic heterocycles. The normalized spacial score (nSPS) is 12.3. The molecule has 0 radical (unpaired) electrons. The van der Waals surface area contributed by atoms with E-state index in [9.17, 15) is 14.4 Å². The number of allylic oxidation sites excluding steroid dienone is 6. The van der Waals surface area contributed by atoms with Crippen molar-refractivity contribution in [3.8, 4) is 0 Å². The third-order valence-electron chi connectivity index (χ3n) is 10.7. The minimum atomic E-state index is -0.770. The molecule has 57 heavy (non-hydrogen) atoms. The summed E-state index contributed by atoms with van der Waals surface area (Å²) in [6.07, 6.45) is 52.7. The maximum atomic E-state index is 12.7. The van der Waals surface area contributed by atoms with E-state index in [-0.39, 0.29) is 31.1 Å². The minimum Gasteiger partial charge on any atom is -0.462 e. The summed E-state index contributed by atoms with van der Waals surface area (Å²) in [5.74, 6) is -0.881. The zero-order valence-corrected chi connectivity index (χ0v) is 37.9. The molecule has 1 unspecified atom stereocenters. The Morgan fingerprint density at radius 3 is 1.07 bits per heavy atom. The van der Waals surface area contributed by atoms with Crippen molar-refractivity contribution in [1.29, 1.82) is 0 Å². The number of carbonyl (C=O) groups excluding carboxylic acids is 3. The quantitative estimate of drug-likeness (QED) is 0.0264. The van der Waals surface area contributed by atoms with Gasteiger partial charge in [0.15, 0.2) is 6.10 Å². The molecule has 1 atom stereocenters. The summed E-state index contributed by atoms with van der Waals surface area (Å²) in [4.78, 5) is 37.8. The molecule has 0 aromatic carbocycles. The van der Waals surface area contributed by atoms with Crippen LogP contribution in [0.15, 0.2) is 36.5 Å². The molecule has 0 aromatic rings. The molecule has 0 heterocycles. The van der Waals surface area contributed by atoms with Gasteiger partial charge in [0.05, 0.1) is 0 Å². The van der Waals surface area contributed by atoms with Crippen LogP contribution in [-0.2, 0) is 28.6 Å². The molecule has 0 bridgehead atoms. The van der Waals surface area contributed by atoms with E-state index >= 15 is 0 Å². The van der Waals surface area contributed by atoms with E-state index in [0.29, 0.717) is 19.3 Å². The van der Waals surface area contributed by atoms with Crippen LogP contribution >= 0.6 is 0 Å². The second kappa shape index (κ2) is 46.3. The number of hydrogen-bond donors (Lipinski definition) is 0. The van der Waals surface area contributed by atoms with Gasteiger partial charge >= 0.3 is 17.9 Å². The van der Waals surface area contributed by atoms with Gasteiger partial charge < -0.3 is 14.2 Å². The van der Waals surface area contributed by atoms with Gasteiger partial charge in [-0.25, -0.2) is 0 Å². The fraction of sp³-hybridized carbons (Fsp3) is 0.824. The van der Waals surface area contributed by atoms with Crippen LogP contribution < -0.4 is 0 Å². The second-order valence-electron chi connectivity index (χ2n) is 16.4. The molecule has 0 N–H and O–H groups in total. The molecule has 332 valence electrons. The lowest BCUT2D eigenvalue weighted by molar-refractivity contribution is -0.167. The molecule has 0 rings (SSSR count). The Morgan fingerprint density at radius 2 is 0.684 bits per heavy atom. The molecule has 0 spiro atoms. The van der Waals surface area contributed by atoms with Crippen molar-refractivity contribution in [1.82, 2.24) is 0 Å². The number of esters is 3. The Bertz CT molecular complexity index is 969. The fourth-order valence-electron chi connectivity index (χ4n) is 6.99. The number of hydrogen-bond acceptors (Lipinski definition) is 6. The molecule has 0 saturated heterocycles. The van der Waals surface area contributed by atoms with Crippen LogP contribution in [0.5, 0.6) is 0 Å². The van der Waals surface area contributed by atoms with Crippen molar-refractivity contribution in [3.05, 3.63) is 36.5 Å². The average Bonchev–Trinajstić information content (AvgIpc) is 3.21. The van der Waals surface area contributed by atoms with Crippen LogP contribution in [-0.4, -0.2) is 37.2 Å². The predicted molar refractivity (Wildman–Crippen MR) is 242 cm³/mol. The third kappa shape index (κ3) is 44.6. The largest absolute Gasteiger partial charge is 0.462 e. The first-order valence-corrected chi connectivity index (χ1v) is 24.5. The Kier molecular flexibility index (Phi) is 44.4. The summed E-state index contributed by atoms with van der Waals surface area (Å²) in [5.41, 5.74) is 0. The standard InChI is InChI=1S/C51H92O6/c1-4-7-10-13-16-19-21-23-25-26-28-29-32-35-38-41-44-50(53)56-47-48(46-55-49(52)43-40-37-34-31-18-15-12-9-6-3)57-51(54)45-42-39-36-33-30-27-24-22-20-17-14-11-8-5-2/h7,10,16,19,23,25,48H,4-6,8-9,11-15,17-18,20-22,24,26-47H2,1-3H3/b10-7-,19-16-,25-23-. The highest BCUT2D eigenvalue weighted by Gasteiger charge is 2.19. The van der Waals surface area contributed by atoms with Crippen molar-refractivity contribution in [3.63, 3.8) is 0 Å². The lowest BCUT2D eigenvalue weighted by Crippen LogP contribution is -2.30. The average molecular weight is 801 g/mol. The van der Waals surface area contributed by atoms with E-state index < -0.39 is 6.10 Å². The fourth-order valence-corrected chi connectivity index (χ4v) is 6.99. The second-order valence-corrected chi connectivity index (χ2v) is 16.4. The first kappa shape index (κ1) is 54.6. The van der Waals surface area contributed by atoms with Gasteiger partial charge in [-0.1, -0.05) is 218 Å². The van der Waals surface area contributed by atoms with Crippen LogP contribution in [0.1, 0.15) is 252 Å². The molecule has 6 heteroatoms. The molecule has 0 aromatic heterocycles. The van der Waals surface area contributed by atoms with E-state index in [4.69, 9.17) is 14.2 Å². The minimum absolute atomic E-state index is 0.0729. The maximum absolute atomic E-state index is 12.7. The Labute approximate surface area is 353 Å². The summed E-state index contributed by atoms with van der Waals surface area (Å²) < 4.78 is 16.7. The van der Waals surface area contributed by atoms with Crippen LogP contribution in [0.25, 0.3) is 0 Å². The molecule has 0 saturated carbocycles. The summed E-state index contributed by atoms with van der Waals surface area (Å²) in [5, 5.41) is 0. The zero-order valence-electron chi connectivity index (χ0n) is 37.9. The SMILES string of the molecule is CC/C=C\C/C=C\C/C=C\CCCCCCCCC(=O)OCC(COC(=O)CCCCCCCCCCC)OC(=O)CCCCCCCCCCCCCCCC. The Hall–Kier alpha value is -2.37. The van der Waals surface area contributed by atoms with Gasteiger partial charge in [0.1, 0.15) is 13.2 Å². The van der Waals surface area contributed by atoms with Gasteiger partial charge in [-0.15, -0.1) is 0 Å². The van der Waals surface area contributed by atoms with Gasteiger partial charge in [-0.3, -0.25) is 14.4 Å². The molecule has 0 aliphatic rings. The van der Waals surface area contributed by atoms with Crippen LogP contribution in [0.4, 0.5) is 0 Å². The smallest absolute Gasteiger partial charge is 0.306 e. The lowest BCUT2D eigenvalue weighted by Gasteiger charge is -2.18. The number of rotatable bonds is 44. The van der Waals surface area contributed by atoms with E-state index in [2.05, 4.69) is 57.2 Å². The Balaban J connectivity index is 4.33. The summed E-state index contributed by atoms with van der Waals surface area (Å²) in [6, 6.07) is 0. The lowest BCUT2D eigenvalue weighted by atomic mass is 10.0. The first-order chi connectivity index (χ1) is 28.0. The van der Waals surface area contributed by atoms with Crippen molar-refractivity contribution >= 4 is 17.9 Å². The van der Waals surface area contributed by atoms with Crippen LogP contribution in [0, 0.1) is 0 Å². The van der Waals surface area contributed by atoms with Crippen LogP contribution in [0.3, 0.4) is 0 Å². The highest BCUT2D eigenvalue weighted by atomic mass is 16.6. The molecule has 0 amide bonds. The number of carbonyl (C=O) groups is 3. The highest BCUT2D eigenvalue weighted by Crippen LogP contribution is 2.15. The highest BCUT2D eigenvalue weighted by molar-refractivity contribution is 5.71. The zero-order chi connectivity index (χ0) is 41.5. The third-order valence-corrected chi connectivity index (χ3v) is 10.7. The summed E-state index contributed by atoms with van der Waals surface area (Å²) >= 11 is 0. The van der Waals surface area contributed by atoms with Gasteiger partial charge in [-0.2, -0.15) is 0 Å². The monoisotopic (exact) mass is 801 g/mol. The Morgan fingerprint density at radius 1 is 0.368 bits per heavy atom. The van der Waals surface area contributed by atoms with Gasteiger partial charge in [-0.05, 0) is 51.4 Å². The molecular formula is C51H92O6. The van der Waals surface area contributed by atoms with Crippen molar-refractivity contribution in [2.45, 2.75) is 258 Å². The topological polar surface area (TPSA) is 78.9 Å². The predicted octanol–water partition coefficient (Wildman–Crippen LogP) is 15.8. The van der Waals surface area contributed by atoms with E-state index in [1.807, 2.05) is 0 Å². The van der Waals surface area contributed by atoms with E-state index in [1.54, 1.807) is 0 Å². The van der Waals surface area contributed by atoms with E-state index in [1.165, 1.54) is 128 Å². The van der Waals surface area contributed by atoms with E-state index in [0.717, 1.165) is 83.5 Å². The van der Waals surface area contributed by atoms with Gasteiger partial charge in [0, 0.05) is 19.3 Å². The maximum Gasteiger partial charge on any atom is 0.306 e. The summed E-state index contributed by atoms with van der Waals surface area (Å²) in [7, 11) is 0. The first-order valence-electron chi connectivity index (χ1n) is 24.5. The molecule has 0 fully saturated rings. The molecule has 6 nitrogen and oxygen atoms in total. The van der Waals surface area contributed by atoms with Gasteiger partial charge in [0.2, 0.25) is 0 Å². The summed E-state index contributed by atoms with van der Waals surface area (Å²) in [6.45, 7) is 6.51. The molecule has 0 aliphatic carbocycles. The number of ether oxygens (including phenoxy) is 3.